The summed E-state index contributed by atoms with van der Waals surface area (Å²) in [6, 6.07) is 7.85. The molecular formula is C21H32N4O4. The van der Waals surface area contributed by atoms with E-state index in [-0.39, 0.29) is 24.7 Å². The Kier molecular flexibility index (Phi) is 7.71. The van der Waals surface area contributed by atoms with E-state index in [2.05, 4.69) is 10.2 Å². The Hall–Kier alpha value is -2.32. The molecular weight excluding hydrogens is 372 g/mol. The van der Waals surface area contributed by atoms with Gasteiger partial charge in [-0.05, 0) is 30.5 Å². The third kappa shape index (κ3) is 6.08. The Morgan fingerprint density at radius 3 is 2.66 bits per heavy atom. The van der Waals surface area contributed by atoms with E-state index in [1.165, 1.54) is 0 Å². The molecule has 0 bridgehead atoms. The quantitative estimate of drug-likeness (QED) is 0.566. The summed E-state index contributed by atoms with van der Waals surface area (Å²) < 4.78 is 17.0. The first kappa shape index (κ1) is 21.4. The standard InChI is InChI=1S/C21H32N4O4/c1-24(2)20(26)14-23-21(22-13-16-6-8-17(27-3)9-7-16)25-10-12-29-19(15-25)18-5-4-11-28-18/h6-9,18-19H,4-5,10-15H2,1-3H3,(H,22,23). The molecule has 2 heterocycles. The number of hydrogen-bond acceptors (Lipinski definition) is 5. The summed E-state index contributed by atoms with van der Waals surface area (Å²) in [6.45, 7) is 3.58. The largest absolute Gasteiger partial charge is 0.497 e. The molecule has 29 heavy (non-hydrogen) atoms. The number of amides is 1. The number of rotatable bonds is 6. The average Bonchev–Trinajstić information content (AvgIpc) is 3.29. The van der Waals surface area contributed by atoms with Crippen molar-refractivity contribution in [2.24, 2.45) is 4.99 Å². The molecule has 3 rings (SSSR count). The topological polar surface area (TPSA) is 75.6 Å². The number of methoxy groups -OCH3 is 1. The van der Waals surface area contributed by atoms with Crippen LogP contribution in [-0.2, 0) is 20.8 Å². The van der Waals surface area contributed by atoms with Gasteiger partial charge in [0.25, 0.3) is 0 Å². The Labute approximate surface area is 172 Å². The van der Waals surface area contributed by atoms with Gasteiger partial charge in [0.05, 0.1) is 32.9 Å². The third-order valence-corrected chi connectivity index (χ3v) is 5.24. The number of aliphatic imine (C=N–C) groups is 1. The van der Waals surface area contributed by atoms with Gasteiger partial charge in [0.2, 0.25) is 5.91 Å². The highest BCUT2D eigenvalue weighted by Crippen LogP contribution is 2.21. The maximum atomic E-state index is 12.1. The number of morpholine rings is 1. The van der Waals surface area contributed by atoms with E-state index >= 15 is 0 Å². The second kappa shape index (κ2) is 10.5. The normalized spacial score (nSPS) is 22.4. The summed E-state index contributed by atoms with van der Waals surface area (Å²) >= 11 is 0. The summed E-state index contributed by atoms with van der Waals surface area (Å²) in [5.41, 5.74) is 1.08. The molecule has 0 spiro atoms. The number of carbonyl (C=O) groups is 1. The minimum atomic E-state index is 0.00563. The molecule has 1 amide bonds. The van der Waals surface area contributed by atoms with Crippen LogP contribution in [0.25, 0.3) is 0 Å². The van der Waals surface area contributed by atoms with Crippen molar-refractivity contribution in [2.45, 2.75) is 31.6 Å². The maximum absolute atomic E-state index is 12.1. The summed E-state index contributed by atoms with van der Waals surface area (Å²) in [4.78, 5) is 20.6. The van der Waals surface area contributed by atoms with Gasteiger partial charge in [-0.15, -0.1) is 0 Å². The fraction of sp³-hybridized carbons (Fsp3) is 0.619. The molecule has 1 N–H and O–H groups in total. The van der Waals surface area contributed by atoms with Crippen LogP contribution >= 0.6 is 0 Å². The maximum Gasteiger partial charge on any atom is 0.241 e. The van der Waals surface area contributed by atoms with E-state index in [9.17, 15) is 4.79 Å². The molecule has 2 fully saturated rings. The van der Waals surface area contributed by atoms with Gasteiger partial charge in [-0.3, -0.25) is 4.79 Å². The molecule has 0 radical (unpaired) electrons. The molecule has 0 saturated carbocycles. The summed E-state index contributed by atoms with van der Waals surface area (Å²) in [6.07, 6.45) is 2.29. The first-order valence-corrected chi connectivity index (χ1v) is 10.2. The number of nitrogens with zero attached hydrogens (tertiary/aromatic N) is 3. The van der Waals surface area contributed by atoms with Crippen LogP contribution in [0.3, 0.4) is 0 Å². The van der Waals surface area contributed by atoms with Crippen LogP contribution in [0.4, 0.5) is 0 Å². The van der Waals surface area contributed by atoms with Crippen LogP contribution in [0.2, 0.25) is 0 Å². The molecule has 8 heteroatoms. The van der Waals surface area contributed by atoms with Crippen molar-refractivity contribution < 1.29 is 19.0 Å². The zero-order chi connectivity index (χ0) is 20.6. The molecule has 2 aliphatic heterocycles. The number of nitrogens with one attached hydrogen (secondary N) is 1. The predicted molar refractivity (Wildman–Crippen MR) is 111 cm³/mol. The van der Waals surface area contributed by atoms with Crippen LogP contribution in [0, 0.1) is 0 Å². The number of guanidine groups is 1. The summed E-state index contributed by atoms with van der Waals surface area (Å²) in [5.74, 6) is 1.55. The molecule has 1 aromatic rings. The van der Waals surface area contributed by atoms with Crippen molar-refractivity contribution in [3.05, 3.63) is 29.8 Å². The molecule has 2 saturated heterocycles. The zero-order valence-corrected chi connectivity index (χ0v) is 17.6. The molecule has 2 atom stereocenters. The molecule has 2 aliphatic rings. The van der Waals surface area contributed by atoms with Gasteiger partial charge in [0, 0.05) is 33.8 Å². The van der Waals surface area contributed by atoms with E-state index in [1.807, 2.05) is 24.3 Å². The lowest BCUT2D eigenvalue weighted by molar-refractivity contribution is -0.127. The van der Waals surface area contributed by atoms with Crippen molar-refractivity contribution in [3.8, 4) is 5.75 Å². The van der Waals surface area contributed by atoms with Crippen LogP contribution in [0.15, 0.2) is 29.3 Å². The van der Waals surface area contributed by atoms with Crippen LogP contribution < -0.4 is 10.1 Å². The number of carbonyl (C=O) groups excluding carboxylic acids is 1. The van der Waals surface area contributed by atoms with Gasteiger partial charge in [-0.1, -0.05) is 12.1 Å². The minimum absolute atomic E-state index is 0.00563. The molecule has 1 aromatic carbocycles. The van der Waals surface area contributed by atoms with Crippen LogP contribution in [0.1, 0.15) is 18.4 Å². The van der Waals surface area contributed by atoms with Gasteiger partial charge in [0.15, 0.2) is 5.96 Å². The first-order valence-electron chi connectivity index (χ1n) is 10.2. The molecule has 8 nitrogen and oxygen atoms in total. The van der Waals surface area contributed by atoms with Gasteiger partial charge in [-0.2, -0.15) is 0 Å². The van der Waals surface area contributed by atoms with Crippen molar-refractivity contribution in [2.75, 3.05) is 54.1 Å². The molecule has 0 aromatic heterocycles. The monoisotopic (exact) mass is 404 g/mol. The number of ether oxygens (including phenoxy) is 3. The Morgan fingerprint density at radius 2 is 2.00 bits per heavy atom. The zero-order valence-electron chi connectivity index (χ0n) is 17.6. The lowest BCUT2D eigenvalue weighted by Gasteiger charge is -2.37. The van der Waals surface area contributed by atoms with Gasteiger partial charge in [0.1, 0.15) is 11.9 Å². The van der Waals surface area contributed by atoms with E-state index in [0.717, 1.165) is 43.3 Å². The lowest BCUT2D eigenvalue weighted by atomic mass is 10.1. The molecule has 0 aliphatic carbocycles. The van der Waals surface area contributed by atoms with Gasteiger partial charge in [-0.25, -0.2) is 4.99 Å². The highest BCUT2D eigenvalue weighted by atomic mass is 16.5. The minimum Gasteiger partial charge on any atom is -0.497 e. The van der Waals surface area contributed by atoms with Crippen LogP contribution in [0.5, 0.6) is 5.75 Å². The number of likely N-dealkylation sites (N-methyl/N-ethyl adjacent to an activating group) is 1. The van der Waals surface area contributed by atoms with Crippen molar-refractivity contribution >= 4 is 11.9 Å². The van der Waals surface area contributed by atoms with Crippen molar-refractivity contribution in [1.82, 2.24) is 15.1 Å². The lowest BCUT2D eigenvalue weighted by Crippen LogP contribution is -2.54. The molecule has 160 valence electrons. The predicted octanol–water partition coefficient (Wildman–Crippen LogP) is 1.11. The van der Waals surface area contributed by atoms with Crippen molar-refractivity contribution in [1.29, 1.82) is 0 Å². The third-order valence-electron chi connectivity index (χ3n) is 5.24. The highest BCUT2D eigenvalue weighted by molar-refractivity contribution is 5.86. The van der Waals surface area contributed by atoms with E-state index < -0.39 is 0 Å². The van der Waals surface area contributed by atoms with Crippen LogP contribution in [-0.4, -0.2) is 87.9 Å². The summed E-state index contributed by atoms with van der Waals surface area (Å²) in [5, 5.41) is 3.24. The first-order chi connectivity index (χ1) is 14.1. The Bertz CT molecular complexity index is 686. The fourth-order valence-electron chi connectivity index (χ4n) is 3.47. The van der Waals surface area contributed by atoms with Crippen molar-refractivity contribution in [3.63, 3.8) is 0 Å². The number of hydrogen-bond donors (Lipinski definition) is 1. The van der Waals surface area contributed by atoms with E-state index in [1.54, 1.807) is 26.1 Å². The second-order valence-corrected chi connectivity index (χ2v) is 7.54. The molecule has 2 unspecified atom stereocenters. The highest BCUT2D eigenvalue weighted by Gasteiger charge is 2.32. The fourth-order valence-corrected chi connectivity index (χ4v) is 3.47. The van der Waals surface area contributed by atoms with E-state index in [0.29, 0.717) is 19.7 Å². The Balaban J connectivity index is 1.69. The number of benzene rings is 1. The van der Waals surface area contributed by atoms with Gasteiger partial charge >= 0.3 is 0 Å². The van der Waals surface area contributed by atoms with Gasteiger partial charge < -0.3 is 29.3 Å². The second-order valence-electron chi connectivity index (χ2n) is 7.54. The van der Waals surface area contributed by atoms with E-state index in [4.69, 9.17) is 19.2 Å². The Morgan fingerprint density at radius 1 is 1.24 bits per heavy atom. The summed E-state index contributed by atoms with van der Waals surface area (Å²) in [7, 11) is 5.15. The SMILES string of the molecule is COc1ccc(CN=C(NCC(=O)N(C)C)N2CCOC(C3CCCO3)C2)cc1. The average molecular weight is 405 g/mol. The smallest absolute Gasteiger partial charge is 0.241 e.